The van der Waals surface area contributed by atoms with Gasteiger partial charge in [0.25, 0.3) is 0 Å². The van der Waals surface area contributed by atoms with Gasteiger partial charge in [0.05, 0.1) is 19.8 Å². The molecule has 6 heteroatoms. The first-order chi connectivity index (χ1) is 11.1. The number of epoxide rings is 1. The Morgan fingerprint density at radius 3 is 2.38 bits per heavy atom. The normalized spacial score (nSPS) is 22.2. The second-order valence-electron chi connectivity index (χ2n) is 7.85. The molecule has 1 fully saturated rings. The molecule has 0 saturated carbocycles. The molecule has 0 unspecified atom stereocenters. The largest absolute Gasteiger partial charge is 0.479 e. The minimum Gasteiger partial charge on any atom is -0.479 e. The Balaban J connectivity index is 2.06. The second kappa shape index (κ2) is 6.96. The summed E-state index contributed by atoms with van der Waals surface area (Å²) in [6.07, 6.45) is -0.598. The topological polar surface area (TPSA) is 68.3 Å². The summed E-state index contributed by atoms with van der Waals surface area (Å²) < 4.78 is 17.4. The fourth-order valence-corrected chi connectivity index (χ4v) is 3.50. The highest BCUT2D eigenvalue weighted by Crippen LogP contribution is 2.42. The first-order valence-electron chi connectivity index (χ1n) is 8.25. The molecule has 2 rings (SSSR count). The molecule has 134 valence electrons. The van der Waals surface area contributed by atoms with Gasteiger partial charge in [-0.05, 0) is 23.7 Å². The maximum Gasteiger partial charge on any atom is 0.341 e. The van der Waals surface area contributed by atoms with Crippen molar-refractivity contribution in [1.82, 2.24) is 0 Å². The maximum atomic E-state index is 11.6. The Kier molecular flexibility index (Phi) is 5.54. The van der Waals surface area contributed by atoms with Crippen LogP contribution in [-0.4, -0.2) is 44.3 Å². The maximum absolute atomic E-state index is 11.6. The molecule has 1 aromatic rings. The third-order valence-corrected chi connectivity index (χ3v) is 9.45. The Morgan fingerprint density at radius 2 is 1.92 bits per heavy atom. The summed E-state index contributed by atoms with van der Waals surface area (Å²) in [5.74, 6) is -0.977. The Bertz CT molecular complexity index is 561. The molecule has 1 N–H and O–H groups in total. The van der Waals surface area contributed by atoms with Gasteiger partial charge in [-0.2, -0.15) is 0 Å². The minimum absolute atomic E-state index is 0.0146. The number of hydrogen-bond acceptors (Lipinski definition) is 4. The van der Waals surface area contributed by atoms with E-state index in [1.54, 1.807) is 0 Å². The van der Waals surface area contributed by atoms with Crippen LogP contribution >= 0.6 is 0 Å². The molecule has 1 heterocycles. The van der Waals surface area contributed by atoms with Gasteiger partial charge in [0.1, 0.15) is 6.10 Å². The third-order valence-electron chi connectivity index (χ3n) is 4.96. The average Bonchev–Trinajstić information content (AvgIpc) is 3.27. The van der Waals surface area contributed by atoms with Crippen LogP contribution in [0.4, 0.5) is 0 Å². The van der Waals surface area contributed by atoms with Crippen LogP contribution in [0.25, 0.3) is 0 Å². The number of aliphatic carboxylic acids is 1. The lowest BCUT2D eigenvalue weighted by Gasteiger charge is -2.40. The number of carbonyl (C=O) groups is 1. The molecule has 24 heavy (non-hydrogen) atoms. The first kappa shape index (κ1) is 19.1. The van der Waals surface area contributed by atoms with Gasteiger partial charge in [-0.15, -0.1) is 0 Å². The fourth-order valence-electron chi connectivity index (χ4n) is 2.18. The number of hydrogen-bond donors (Lipinski definition) is 1. The van der Waals surface area contributed by atoms with Crippen molar-refractivity contribution >= 4 is 14.3 Å². The third kappa shape index (κ3) is 4.24. The van der Waals surface area contributed by atoms with E-state index in [1.165, 1.54) is 0 Å². The van der Waals surface area contributed by atoms with Crippen molar-refractivity contribution in [1.29, 1.82) is 0 Å². The van der Waals surface area contributed by atoms with Gasteiger partial charge in [-0.3, -0.25) is 0 Å². The summed E-state index contributed by atoms with van der Waals surface area (Å²) in [5.41, 5.74) is -0.212. The Morgan fingerprint density at radius 1 is 1.33 bits per heavy atom. The van der Waals surface area contributed by atoms with Crippen molar-refractivity contribution in [2.75, 3.05) is 13.2 Å². The van der Waals surface area contributed by atoms with Gasteiger partial charge < -0.3 is 19.0 Å². The van der Waals surface area contributed by atoms with Gasteiger partial charge in [0.2, 0.25) is 5.60 Å². The van der Waals surface area contributed by atoms with Crippen molar-refractivity contribution in [2.45, 2.75) is 57.2 Å². The molecule has 0 aromatic heterocycles. The molecule has 0 spiro atoms. The number of carboxylic acids is 1. The van der Waals surface area contributed by atoms with Crippen LogP contribution in [0.2, 0.25) is 18.1 Å². The molecule has 0 radical (unpaired) electrons. The van der Waals surface area contributed by atoms with E-state index in [9.17, 15) is 9.90 Å². The summed E-state index contributed by atoms with van der Waals surface area (Å²) in [6.45, 7) is 11.4. The van der Waals surface area contributed by atoms with Crippen LogP contribution in [0, 0.1) is 0 Å². The van der Waals surface area contributed by atoms with Crippen LogP contribution in [0.3, 0.4) is 0 Å². The van der Waals surface area contributed by atoms with E-state index in [2.05, 4.69) is 33.9 Å². The average molecular weight is 353 g/mol. The molecule has 0 bridgehead atoms. The van der Waals surface area contributed by atoms with Gasteiger partial charge >= 0.3 is 5.97 Å². The van der Waals surface area contributed by atoms with Crippen LogP contribution < -0.4 is 0 Å². The highest BCUT2D eigenvalue weighted by molar-refractivity contribution is 6.74. The monoisotopic (exact) mass is 352 g/mol. The zero-order valence-electron chi connectivity index (χ0n) is 15.2. The summed E-state index contributed by atoms with van der Waals surface area (Å²) in [7, 11) is -2.14. The summed E-state index contributed by atoms with van der Waals surface area (Å²) in [6, 6.07) is 9.80. The van der Waals surface area contributed by atoms with Crippen LogP contribution in [0.1, 0.15) is 26.3 Å². The molecular weight excluding hydrogens is 324 g/mol. The van der Waals surface area contributed by atoms with Crippen molar-refractivity contribution in [3.05, 3.63) is 35.9 Å². The molecule has 1 aliphatic rings. The number of carboxylic acid groups (broad SMARTS) is 1. The van der Waals surface area contributed by atoms with Crippen molar-refractivity contribution in [2.24, 2.45) is 0 Å². The summed E-state index contributed by atoms with van der Waals surface area (Å²) in [4.78, 5) is 11.6. The quantitative estimate of drug-likeness (QED) is 0.573. The van der Waals surface area contributed by atoms with Crippen molar-refractivity contribution in [3.8, 4) is 0 Å². The Hall–Kier alpha value is -1.21. The van der Waals surface area contributed by atoms with Crippen molar-refractivity contribution in [3.63, 3.8) is 0 Å². The molecule has 1 aromatic carbocycles. The molecule has 1 saturated heterocycles. The zero-order valence-corrected chi connectivity index (χ0v) is 16.2. The molecule has 0 amide bonds. The standard InChI is InChI=1S/C18H28O5Si/c1-17(2,3)24(4,5)23-15(18(13-22-18)16(19)20)12-21-11-14-9-7-6-8-10-14/h6-10,15H,11-13H2,1-5H3,(H,19,20)/t15-,18-/m1/s1. The van der Waals surface area contributed by atoms with E-state index in [4.69, 9.17) is 13.9 Å². The Labute approximate surface area is 145 Å². The van der Waals surface area contributed by atoms with Gasteiger partial charge in [0, 0.05) is 0 Å². The van der Waals surface area contributed by atoms with Gasteiger partial charge in [-0.1, -0.05) is 51.1 Å². The smallest absolute Gasteiger partial charge is 0.341 e. The van der Waals surface area contributed by atoms with Gasteiger partial charge in [0.15, 0.2) is 8.32 Å². The molecule has 1 aliphatic heterocycles. The highest BCUT2D eigenvalue weighted by atomic mass is 28.4. The molecule has 5 nitrogen and oxygen atoms in total. The highest BCUT2D eigenvalue weighted by Gasteiger charge is 2.61. The summed E-state index contributed by atoms with van der Waals surface area (Å²) in [5, 5.41) is 9.53. The minimum atomic E-state index is -2.14. The second-order valence-corrected chi connectivity index (χ2v) is 12.6. The number of ether oxygens (including phenoxy) is 2. The first-order valence-corrected chi connectivity index (χ1v) is 11.2. The lowest BCUT2D eigenvalue weighted by Crippen LogP contribution is -2.52. The molecule has 0 aliphatic carbocycles. The van der Waals surface area contributed by atoms with E-state index >= 15 is 0 Å². The van der Waals surface area contributed by atoms with Crippen LogP contribution in [-0.2, 0) is 25.3 Å². The van der Waals surface area contributed by atoms with E-state index in [0.29, 0.717) is 6.61 Å². The number of benzene rings is 1. The van der Waals surface area contributed by atoms with E-state index < -0.39 is 26.0 Å². The lowest BCUT2D eigenvalue weighted by molar-refractivity contribution is -0.149. The van der Waals surface area contributed by atoms with Crippen molar-refractivity contribution < 1.29 is 23.8 Å². The lowest BCUT2D eigenvalue weighted by atomic mass is 10.1. The summed E-state index contributed by atoms with van der Waals surface area (Å²) >= 11 is 0. The SMILES string of the molecule is CC(C)(C)[Si](C)(C)O[C@H](COCc1ccccc1)[C@@]1(C(=O)O)CO1. The zero-order chi connectivity index (χ0) is 18.0. The molecular formula is C18H28O5Si. The van der Waals surface area contributed by atoms with Crippen LogP contribution in [0.15, 0.2) is 30.3 Å². The van der Waals surface area contributed by atoms with E-state index in [-0.39, 0.29) is 18.3 Å². The predicted octanol–water partition coefficient (Wildman–Crippen LogP) is 3.45. The molecule has 2 atom stereocenters. The van der Waals surface area contributed by atoms with Crippen LogP contribution in [0.5, 0.6) is 0 Å². The van der Waals surface area contributed by atoms with Gasteiger partial charge in [-0.25, -0.2) is 4.79 Å². The van der Waals surface area contributed by atoms with E-state index in [1.807, 2.05) is 30.3 Å². The van der Waals surface area contributed by atoms with E-state index in [0.717, 1.165) is 5.56 Å². The number of rotatable bonds is 8. The predicted molar refractivity (Wildman–Crippen MR) is 94.5 cm³/mol. The fraction of sp³-hybridized carbons (Fsp3) is 0.611.